The summed E-state index contributed by atoms with van der Waals surface area (Å²) >= 11 is 0. The molecule has 3 N–H and O–H groups in total. The average Bonchev–Trinajstić information content (AvgIpc) is 2.38. The third-order valence-electron chi connectivity index (χ3n) is 2.24. The third-order valence-corrected chi connectivity index (χ3v) is 3.70. The van der Waals surface area contributed by atoms with Gasteiger partial charge in [-0.15, -0.1) is 0 Å². The maximum absolute atomic E-state index is 12.1. The second-order valence-corrected chi connectivity index (χ2v) is 5.25. The highest BCUT2D eigenvalue weighted by Crippen LogP contribution is 2.21. The van der Waals surface area contributed by atoms with E-state index >= 15 is 0 Å². The molecule has 19 heavy (non-hydrogen) atoms. The van der Waals surface area contributed by atoms with Gasteiger partial charge in [0.1, 0.15) is 11.2 Å². The lowest BCUT2D eigenvalue weighted by Gasteiger charge is -2.09. The maximum atomic E-state index is 12.1. The van der Waals surface area contributed by atoms with Crippen molar-refractivity contribution in [3.05, 3.63) is 42.5 Å². The van der Waals surface area contributed by atoms with Crippen LogP contribution in [0.25, 0.3) is 0 Å². The number of nitrogen functional groups attached to an aromatic ring is 1. The Morgan fingerprint density at radius 2 is 1.95 bits per heavy atom. The minimum absolute atomic E-state index is 0.00315. The van der Waals surface area contributed by atoms with Gasteiger partial charge in [0.15, 0.2) is 0 Å². The van der Waals surface area contributed by atoms with Crippen molar-refractivity contribution in [3.8, 4) is 6.07 Å². The van der Waals surface area contributed by atoms with Crippen molar-refractivity contribution in [2.45, 2.75) is 4.90 Å². The van der Waals surface area contributed by atoms with Crippen molar-refractivity contribution in [2.24, 2.45) is 0 Å². The molecule has 2 rings (SSSR count). The number of anilines is 2. The largest absolute Gasteiger partial charge is 0.398 e. The molecule has 0 atom stereocenters. The minimum atomic E-state index is -3.83. The van der Waals surface area contributed by atoms with E-state index in [-0.39, 0.29) is 16.3 Å². The second kappa shape index (κ2) is 4.91. The molecule has 0 bridgehead atoms. The van der Waals surface area contributed by atoms with Crippen LogP contribution in [-0.4, -0.2) is 18.4 Å². The molecule has 1 aromatic carbocycles. The normalized spacial score (nSPS) is 10.7. The van der Waals surface area contributed by atoms with Crippen LogP contribution >= 0.6 is 0 Å². The molecule has 0 aliphatic heterocycles. The smallest absolute Gasteiger partial charge is 0.264 e. The van der Waals surface area contributed by atoms with E-state index < -0.39 is 10.0 Å². The van der Waals surface area contributed by atoms with Gasteiger partial charge in [-0.05, 0) is 18.2 Å². The highest BCUT2D eigenvalue weighted by atomic mass is 32.2. The summed E-state index contributed by atoms with van der Waals surface area (Å²) in [6.07, 6.45) is 3.93. The fourth-order valence-corrected chi connectivity index (χ4v) is 2.57. The highest BCUT2D eigenvalue weighted by molar-refractivity contribution is 7.92. The Bertz CT molecular complexity index is 737. The van der Waals surface area contributed by atoms with Crippen molar-refractivity contribution in [1.29, 1.82) is 5.26 Å². The number of aromatic nitrogens is 2. The van der Waals surface area contributed by atoms with Crippen LogP contribution in [0.15, 0.2) is 41.8 Å². The highest BCUT2D eigenvalue weighted by Gasteiger charge is 2.18. The lowest BCUT2D eigenvalue weighted by Crippen LogP contribution is -2.15. The fraction of sp³-hybridized carbons (Fsp3) is 0. The number of nitrogens with two attached hydrogens (primary N) is 1. The first-order valence-electron chi connectivity index (χ1n) is 5.10. The number of nitrogens with one attached hydrogen (secondary N) is 1. The first-order chi connectivity index (χ1) is 9.03. The Balaban J connectivity index is 2.38. The number of nitrogens with zero attached hydrogens (tertiary/aromatic N) is 3. The van der Waals surface area contributed by atoms with Crippen LogP contribution in [0.1, 0.15) is 5.56 Å². The molecular formula is C11H9N5O2S. The summed E-state index contributed by atoms with van der Waals surface area (Å²) in [5.74, 6) is 0. The van der Waals surface area contributed by atoms with Crippen LogP contribution in [0.2, 0.25) is 0 Å². The Morgan fingerprint density at radius 3 is 2.53 bits per heavy atom. The van der Waals surface area contributed by atoms with Gasteiger partial charge in [-0.3, -0.25) is 4.72 Å². The Hall–Kier alpha value is -2.66. The van der Waals surface area contributed by atoms with E-state index in [0.717, 1.165) is 0 Å². The van der Waals surface area contributed by atoms with Crippen LogP contribution in [0.4, 0.5) is 11.4 Å². The molecular weight excluding hydrogens is 266 g/mol. The molecule has 0 spiro atoms. The second-order valence-electron chi connectivity index (χ2n) is 3.60. The van der Waals surface area contributed by atoms with E-state index in [1.165, 1.54) is 36.9 Å². The molecule has 0 aliphatic carbocycles. The van der Waals surface area contributed by atoms with E-state index in [1.54, 1.807) is 0 Å². The summed E-state index contributed by atoms with van der Waals surface area (Å²) < 4.78 is 26.5. The van der Waals surface area contributed by atoms with Gasteiger partial charge in [0.25, 0.3) is 10.0 Å². The molecule has 2 aromatic rings. The van der Waals surface area contributed by atoms with Crippen LogP contribution in [-0.2, 0) is 10.0 Å². The summed E-state index contributed by atoms with van der Waals surface area (Å²) in [5.41, 5.74) is 6.16. The van der Waals surface area contributed by atoms with Crippen LogP contribution in [0.5, 0.6) is 0 Å². The Kier molecular flexibility index (Phi) is 3.31. The SMILES string of the molecule is N#Cc1ccc(S(=O)(=O)Nc2cncnc2)c(N)c1. The van der Waals surface area contributed by atoms with Crippen molar-refractivity contribution in [3.63, 3.8) is 0 Å². The number of hydrogen-bond acceptors (Lipinski definition) is 6. The van der Waals surface area contributed by atoms with Gasteiger partial charge in [-0.2, -0.15) is 5.26 Å². The first-order valence-corrected chi connectivity index (χ1v) is 6.59. The maximum Gasteiger partial charge on any atom is 0.264 e. The third kappa shape index (κ3) is 2.78. The summed E-state index contributed by atoms with van der Waals surface area (Å²) in [6, 6.07) is 5.84. The molecule has 0 unspecified atom stereocenters. The number of benzene rings is 1. The number of nitriles is 1. The van der Waals surface area contributed by atoms with Gasteiger partial charge < -0.3 is 5.73 Å². The molecule has 0 fully saturated rings. The molecule has 7 nitrogen and oxygen atoms in total. The average molecular weight is 275 g/mol. The zero-order chi connectivity index (χ0) is 13.9. The van der Waals surface area contributed by atoms with E-state index in [4.69, 9.17) is 11.0 Å². The Morgan fingerprint density at radius 1 is 1.26 bits per heavy atom. The standard InChI is InChI=1S/C11H9N5O2S/c12-4-8-1-2-11(10(13)3-8)19(17,18)16-9-5-14-7-15-6-9/h1-3,5-7,16H,13H2. The van der Waals surface area contributed by atoms with Gasteiger partial charge in [0.2, 0.25) is 0 Å². The van der Waals surface area contributed by atoms with Gasteiger partial charge in [-0.1, -0.05) is 0 Å². The zero-order valence-electron chi connectivity index (χ0n) is 9.61. The van der Waals surface area contributed by atoms with E-state index in [1.807, 2.05) is 6.07 Å². The van der Waals surface area contributed by atoms with E-state index in [9.17, 15) is 8.42 Å². The van der Waals surface area contributed by atoms with Gasteiger partial charge in [0, 0.05) is 0 Å². The fourth-order valence-electron chi connectivity index (χ4n) is 1.42. The molecule has 8 heteroatoms. The molecule has 0 saturated heterocycles. The van der Waals surface area contributed by atoms with Crippen LogP contribution in [0, 0.1) is 11.3 Å². The summed E-state index contributed by atoms with van der Waals surface area (Å²) in [7, 11) is -3.83. The number of hydrogen-bond donors (Lipinski definition) is 2. The molecule has 0 saturated carbocycles. The van der Waals surface area contributed by atoms with E-state index in [0.29, 0.717) is 5.56 Å². The summed E-state index contributed by atoms with van der Waals surface area (Å²) in [5, 5.41) is 8.70. The van der Waals surface area contributed by atoms with Crippen molar-refractivity contribution < 1.29 is 8.42 Å². The van der Waals surface area contributed by atoms with Gasteiger partial charge in [0.05, 0.1) is 35.4 Å². The monoisotopic (exact) mass is 275 g/mol. The molecule has 1 heterocycles. The molecule has 0 radical (unpaired) electrons. The van der Waals surface area contributed by atoms with Crippen LogP contribution < -0.4 is 10.5 Å². The lowest BCUT2D eigenvalue weighted by atomic mass is 10.2. The topological polar surface area (TPSA) is 122 Å². The van der Waals surface area contributed by atoms with Crippen molar-refractivity contribution in [2.75, 3.05) is 10.5 Å². The summed E-state index contributed by atoms with van der Waals surface area (Å²) in [6.45, 7) is 0. The lowest BCUT2D eigenvalue weighted by molar-refractivity contribution is 0.601. The quantitative estimate of drug-likeness (QED) is 0.796. The van der Waals surface area contributed by atoms with Gasteiger partial charge >= 0.3 is 0 Å². The predicted octanol–water partition coefficient (Wildman–Crippen LogP) is 0.731. The molecule has 0 aliphatic rings. The van der Waals surface area contributed by atoms with Crippen molar-refractivity contribution in [1.82, 2.24) is 9.97 Å². The molecule has 0 amide bonds. The molecule has 1 aromatic heterocycles. The number of rotatable bonds is 3. The summed E-state index contributed by atoms with van der Waals surface area (Å²) in [4.78, 5) is 7.30. The van der Waals surface area contributed by atoms with Crippen molar-refractivity contribution >= 4 is 21.4 Å². The zero-order valence-corrected chi connectivity index (χ0v) is 10.4. The van der Waals surface area contributed by atoms with Gasteiger partial charge in [-0.25, -0.2) is 18.4 Å². The first kappa shape index (κ1) is 12.8. The van der Waals surface area contributed by atoms with Crippen LogP contribution in [0.3, 0.4) is 0 Å². The predicted molar refractivity (Wildman–Crippen MR) is 68.4 cm³/mol. The molecule has 96 valence electrons. The minimum Gasteiger partial charge on any atom is -0.398 e. The Labute approximate surface area is 109 Å². The number of sulfonamides is 1. The van der Waals surface area contributed by atoms with E-state index in [2.05, 4.69) is 14.7 Å².